The van der Waals surface area contributed by atoms with E-state index in [9.17, 15) is 4.79 Å². The van der Waals surface area contributed by atoms with Crippen molar-refractivity contribution < 1.29 is 19.4 Å². The van der Waals surface area contributed by atoms with Crippen LogP contribution in [0, 0.1) is 5.92 Å². The van der Waals surface area contributed by atoms with Crippen molar-refractivity contribution in [2.45, 2.75) is 19.6 Å². The lowest BCUT2D eigenvalue weighted by Gasteiger charge is -2.15. The molecule has 2 atom stereocenters. The molecule has 0 aliphatic heterocycles. The molecule has 0 heterocycles. The molecule has 0 spiro atoms. The summed E-state index contributed by atoms with van der Waals surface area (Å²) in [6.45, 7) is 5.44. The normalized spacial score (nSPS) is 12.3. The van der Waals surface area contributed by atoms with Crippen LogP contribution in [0.4, 0.5) is 0 Å². The van der Waals surface area contributed by atoms with E-state index in [4.69, 9.17) is 20.4 Å². The van der Waals surface area contributed by atoms with Crippen LogP contribution in [0.3, 0.4) is 0 Å². The molecular weight excluding hydrogens is 246 g/mol. The van der Waals surface area contributed by atoms with Gasteiger partial charge in [-0.3, -0.25) is 9.59 Å². The summed E-state index contributed by atoms with van der Waals surface area (Å²) in [6, 6.07) is 8.87. The molecule has 0 saturated heterocycles. The van der Waals surface area contributed by atoms with Crippen molar-refractivity contribution in [3.63, 3.8) is 0 Å². The fourth-order valence-electron chi connectivity index (χ4n) is 1.19. The molecule has 2 unspecified atom stereocenters. The van der Waals surface area contributed by atoms with E-state index in [2.05, 4.69) is 6.58 Å². The van der Waals surface area contributed by atoms with Crippen molar-refractivity contribution in [1.82, 2.24) is 0 Å². The standard InChI is InChI=1S/C13H17NO2.CH2O2/c1-3-10(2)12(14)13(15)16-9-11-7-5-4-6-8-11;2-1-3/h3-8,10,12H,1,9,14H2,2H3;1H,(H,2,3). The lowest BCUT2D eigenvalue weighted by atomic mass is 10.0. The van der Waals surface area contributed by atoms with Crippen LogP contribution in [0.1, 0.15) is 12.5 Å². The topological polar surface area (TPSA) is 89.6 Å². The van der Waals surface area contributed by atoms with E-state index in [0.717, 1.165) is 5.56 Å². The van der Waals surface area contributed by atoms with E-state index in [-0.39, 0.29) is 19.0 Å². The molecule has 0 radical (unpaired) electrons. The maximum Gasteiger partial charge on any atom is 0.323 e. The number of carbonyl (C=O) groups excluding carboxylic acids is 1. The van der Waals surface area contributed by atoms with Crippen LogP contribution < -0.4 is 5.73 Å². The molecule has 0 amide bonds. The highest BCUT2D eigenvalue weighted by atomic mass is 16.5. The number of carboxylic acid groups (broad SMARTS) is 1. The van der Waals surface area contributed by atoms with Crippen molar-refractivity contribution in [2.24, 2.45) is 11.7 Å². The lowest BCUT2D eigenvalue weighted by molar-refractivity contribution is -0.147. The van der Waals surface area contributed by atoms with Gasteiger partial charge in [-0.05, 0) is 11.5 Å². The first kappa shape index (κ1) is 16.9. The van der Waals surface area contributed by atoms with Gasteiger partial charge in [0.1, 0.15) is 12.6 Å². The number of nitrogens with two attached hydrogens (primary N) is 1. The zero-order valence-corrected chi connectivity index (χ0v) is 10.9. The van der Waals surface area contributed by atoms with Gasteiger partial charge in [-0.15, -0.1) is 6.58 Å². The Hall–Kier alpha value is -2.14. The highest BCUT2D eigenvalue weighted by molar-refractivity contribution is 5.76. The van der Waals surface area contributed by atoms with Gasteiger partial charge in [0.2, 0.25) is 0 Å². The Morgan fingerprint density at radius 1 is 1.47 bits per heavy atom. The number of esters is 1. The first-order valence-electron chi connectivity index (χ1n) is 5.73. The summed E-state index contributed by atoms with van der Waals surface area (Å²) >= 11 is 0. The second-order valence-electron chi connectivity index (χ2n) is 3.82. The Labute approximate surface area is 112 Å². The molecule has 0 aromatic heterocycles. The van der Waals surface area contributed by atoms with Crippen molar-refractivity contribution in [1.29, 1.82) is 0 Å². The van der Waals surface area contributed by atoms with Crippen molar-refractivity contribution in [3.8, 4) is 0 Å². The molecule has 1 rings (SSSR count). The van der Waals surface area contributed by atoms with Gasteiger partial charge in [-0.25, -0.2) is 0 Å². The van der Waals surface area contributed by atoms with Crippen LogP contribution in [0.25, 0.3) is 0 Å². The molecule has 0 aliphatic rings. The number of hydrogen-bond acceptors (Lipinski definition) is 4. The number of benzene rings is 1. The van der Waals surface area contributed by atoms with Gasteiger partial charge in [0.15, 0.2) is 0 Å². The monoisotopic (exact) mass is 265 g/mol. The Morgan fingerprint density at radius 2 is 2.00 bits per heavy atom. The molecular formula is C14H19NO4. The second kappa shape index (κ2) is 9.85. The summed E-state index contributed by atoms with van der Waals surface area (Å²) in [5.74, 6) is -0.473. The van der Waals surface area contributed by atoms with Crippen molar-refractivity contribution in [3.05, 3.63) is 48.6 Å². The van der Waals surface area contributed by atoms with Crippen molar-refractivity contribution >= 4 is 12.4 Å². The third-order valence-electron chi connectivity index (χ3n) is 2.43. The van der Waals surface area contributed by atoms with Gasteiger partial charge in [0.05, 0.1) is 0 Å². The maximum absolute atomic E-state index is 11.5. The largest absolute Gasteiger partial charge is 0.483 e. The van der Waals surface area contributed by atoms with Crippen LogP contribution in [0.15, 0.2) is 43.0 Å². The van der Waals surface area contributed by atoms with Gasteiger partial charge >= 0.3 is 5.97 Å². The summed E-state index contributed by atoms with van der Waals surface area (Å²) in [6.07, 6.45) is 1.65. The van der Waals surface area contributed by atoms with Crippen LogP contribution in [-0.2, 0) is 20.9 Å². The highest BCUT2D eigenvalue weighted by Gasteiger charge is 2.19. The van der Waals surface area contributed by atoms with E-state index in [1.54, 1.807) is 6.08 Å². The zero-order chi connectivity index (χ0) is 14.7. The molecule has 3 N–H and O–H groups in total. The molecule has 0 bridgehead atoms. The van der Waals surface area contributed by atoms with E-state index >= 15 is 0 Å². The summed E-state index contributed by atoms with van der Waals surface area (Å²) in [7, 11) is 0. The SMILES string of the molecule is C=CC(C)C(N)C(=O)OCc1ccccc1.O=CO. The predicted octanol–water partition coefficient (Wildman–Crippen LogP) is 1.58. The summed E-state index contributed by atoms with van der Waals surface area (Å²) < 4.78 is 5.10. The molecule has 1 aromatic rings. The molecule has 5 nitrogen and oxygen atoms in total. The van der Waals surface area contributed by atoms with E-state index in [1.807, 2.05) is 37.3 Å². The Kier molecular flexibility index (Phi) is 8.74. The van der Waals surface area contributed by atoms with Gasteiger partial charge < -0.3 is 15.6 Å². The van der Waals surface area contributed by atoms with Gasteiger partial charge in [-0.2, -0.15) is 0 Å². The first-order valence-corrected chi connectivity index (χ1v) is 5.73. The average molecular weight is 265 g/mol. The fourth-order valence-corrected chi connectivity index (χ4v) is 1.19. The van der Waals surface area contributed by atoms with Crippen LogP contribution in [0.5, 0.6) is 0 Å². The third kappa shape index (κ3) is 7.00. The molecule has 0 saturated carbocycles. The molecule has 0 aliphatic carbocycles. The van der Waals surface area contributed by atoms with Crippen LogP contribution in [-0.4, -0.2) is 23.6 Å². The molecule has 104 valence electrons. The number of ether oxygens (including phenoxy) is 1. The number of rotatable bonds is 5. The lowest BCUT2D eigenvalue weighted by Crippen LogP contribution is -2.37. The zero-order valence-electron chi connectivity index (χ0n) is 10.9. The minimum atomic E-state index is -0.638. The summed E-state index contributed by atoms with van der Waals surface area (Å²) in [5, 5.41) is 6.89. The Morgan fingerprint density at radius 3 is 2.47 bits per heavy atom. The van der Waals surface area contributed by atoms with Gasteiger partial charge in [-0.1, -0.05) is 43.3 Å². The van der Waals surface area contributed by atoms with Crippen LogP contribution in [0.2, 0.25) is 0 Å². The Bertz CT molecular complexity index is 392. The van der Waals surface area contributed by atoms with Crippen molar-refractivity contribution in [2.75, 3.05) is 0 Å². The molecule has 1 aromatic carbocycles. The minimum absolute atomic E-state index is 0.0803. The van der Waals surface area contributed by atoms with E-state index in [1.165, 1.54) is 0 Å². The van der Waals surface area contributed by atoms with Gasteiger partial charge in [0, 0.05) is 0 Å². The molecule has 5 heteroatoms. The van der Waals surface area contributed by atoms with E-state index in [0.29, 0.717) is 0 Å². The quantitative estimate of drug-likeness (QED) is 0.479. The van der Waals surface area contributed by atoms with Crippen LogP contribution >= 0.6 is 0 Å². The number of carbonyl (C=O) groups is 2. The Balaban J connectivity index is 0.000000982. The average Bonchev–Trinajstić information content (AvgIpc) is 2.45. The highest BCUT2D eigenvalue weighted by Crippen LogP contribution is 2.06. The van der Waals surface area contributed by atoms with E-state index < -0.39 is 12.0 Å². The predicted molar refractivity (Wildman–Crippen MR) is 72.3 cm³/mol. The third-order valence-corrected chi connectivity index (χ3v) is 2.43. The summed E-state index contributed by atoms with van der Waals surface area (Å²) in [4.78, 5) is 19.9. The maximum atomic E-state index is 11.5. The smallest absolute Gasteiger partial charge is 0.323 e. The minimum Gasteiger partial charge on any atom is -0.483 e. The number of hydrogen-bond donors (Lipinski definition) is 2. The first-order chi connectivity index (χ1) is 9.06. The fraction of sp³-hybridized carbons (Fsp3) is 0.286. The molecule has 19 heavy (non-hydrogen) atoms. The summed E-state index contributed by atoms with van der Waals surface area (Å²) in [5.41, 5.74) is 6.64. The molecule has 0 fully saturated rings. The van der Waals surface area contributed by atoms with Gasteiger partial charge in [0.25, 0.3) is 6.47 Å². The second-order valence-corrected chi connectivity index (χ2v) is 3.82.